The summed E-state index contributed by atoms with van der Waals surface area (Å²) in [7, 11) is -3.77. The fraction of sp³-hybridized carbons (Fsp3) is 0.350. The summed E-state index contributed by atoms with van der Waals surface area (Å²) in [5.74, 6) is -0.166. The van der Waals surface area contributed by atoms with Crippen LogP contribution in [0.1, 0.15) is 28.9 Å². The second-order valence-electron chi connectivity index (χ2n) is 6.52. The molecule has 1 amide bonds. The highest BCUT2D eigenvalue weighted by atomic mass is 32.2. The molecule has 0 saturated carbocycles. The minimum absolute atomic E-state index is 0.0877. The topological polar surface area (TPSA) is 75.7 Å². The molecule has 3 rings (SSSR count). The zero-order chi connectivity index (χ0) is 20.1. The van der Waals surface area contributed by atoms with Crippen molar-refractivity contribution in [1.82, 2.24) is 9.62 Å². The van der Waals surface area contributed by atoms with Crippen LogP contribution in [0, 0.1) is 0 Å². The van der Waals surface area contributed by atoms with Crippen LogP contribution in [0.5, 0.6) is 0 Å². The number of amides is 1. The summed E-state index contributed by atoms with van der Waals surface area (Å²) in [5, 5.41) is 0. The first-order chi connectivity index (χ1) is 13.4. The Hall–Kier alpha value is -1.87. The molecule has 1 aliphatic heterocycles. The maximum Gasteiger partial charge on any atom is 0.255 e. The van der Waals surface area contributed by atoms with Crippen molar-refractivity contribution >= 4 is 27.7 Å². The zero-order valence-corrected chi connectivity index (χ0v) is 17.6. The predicted octanol–water partition coefficient (Wildman–Crippen LogP) is 2.92. The van der Waals surface area contributed by atoms with Gasteiger partial charge >= 0.3 is 0 Å². The van der Waals surface area contributed by atoms with Gasteiger partial charge in [-0.3, -0.25) is 4.79 Å². The number of carbonyl (C=O) groups is 1. The van der Waals surface area contributed by atoms with Crippen molar-refractivity contribution in [1.29, 1.82) is 0 Å². The van der Waals surface area contributed by atoms with E-state index in [-0.39, 0.29) is 16.8 Å². The van der Waals surface area contributed by atoms with Gasteiger partial charge in [-0.1, -0.05) is 30.3 Å². The van der Waals surface area contributed by atoms with E-state index in [1.165, 1.54) is 17.8 Å². The molecule has 1 N–H and O–H groups in total. The maximum atomic E-state index is 12.9. The van der Waals surface area contributed by atoms with E-state index in [0.717, 1.165) is 10.5 Å². The molecule has 1 heterocycles. The van der Waals surface area contributed by atoms with Gasteiger partial charge < -0.3 is 9.64 Å². The quantitative estimate of drug-likeness (QED) is 0.728. The number of nitrogens with one attached hydrogen (secondary N) is 1. The second-order valence-corrected chi connectivity index (χ2v) is 9.08. The number of carbonyl (C=O) groups excluding carboxylic acids is 1. The molecule has 150 valence electrons. The van der Waals surface area contributed by atoms with E-state index in [1.807, 2.05) is 36.6 Å². The molecule has 8 heteroatoms. The molecule has 0 bridgehead atoms. The monoisotopic (exact) mass is 420 g/mol. The third-order valence-corrected chi connectivity index (χ3v) is 6.98. The SMILES string of the molecule is CSc1ccc(S(=O)(=O)NC(C)c2ccccc2)cc1C(=O)N1CCOCC1. The van der Waals surface area contributed by atoms with E-state index in [9.17, 15) is 13.2 Å². The first-order valence-electron chi connectivity index (χ1n) is 9.04. The number of hydrogen-bond donors (Lipinski definition) is 1. The van der Waals surface area contributed by atoms with Crippen LogP contribution in [0.15, 0.2) is 58.3 Å². The van der Waals surface area contributed by atoms with Gasteiger partial charge in [0.2, 0.25) is 10.0 Å². The molecule has 2 aromatic rings. The lowest BCUT2D eigenvalue weighted by Gasteiger charge is -2.27. The standard InChI is InChI=1S/C20H24N2O4S2/c1-15(16-6-4-3-5-7-16)21-28(24,25)17-8-9-19(27-2)18(14-17)20(23)22-10-12-26-13-11-22/h3-9,14-15,21H,10-13H2,1-2H3. The van der Waals surface area contributed by atoms with E-state index in [4.69, 9.17) is 4.74 Å². The van der Waals surface area contributed by atoms with E-state index in [2.05, 4.69) is 4.72 Å². The number of sulfonamides is 1. The Labute approximate surface area is 170 Å². The highest BCUT2D eigenvalue weighted by Gasteiger charge is 2.25. The lowest BCUT2D eigenvalue weighted by molar-refractivity contribution is 0.0300. The normalized spacial score (nSPS) is 16.0. The first kappa shape index (κ1) is 20.9. The number of ether oxygens (including phenoxy) is 1. The Bertz CT molecular complexity index is 926. The molecule has 0 spiro atoms. The summed E-state index contributed by atoms with van der Waals surface area (Å²) in [4.78, 5) is 15.5. The summed E-state index contributed by atoms with van der Waals surface area (Å²) in [6.07, 6.45) is 1.87. The van der Waals surface area contributed by atoms with Crippen molar-refractivity contribution in [3.05, 3.63) is 59.7 Å². The average molecular weight is 421 g/mol. The molecule has 1 atom stereocenters. The van der Waals surface area contributed by atoms with Crippen LogP contribution in [0.2, 0.25) is 0 Å². The molecule has 0 aromatic heterocycles. The van der Waals surface area contributed by atoms with E-state index in [0.29, 0.717) is 31.9 Å². The minimum Gasteiger partial charge on any atom is -0.378 e. The van der Waals surface area contributed by atoms with E-state index in [1.54, 1.807) is 24.0 Å². The Morgan fingerprint density at radius 2 is 1.82 bits per heavy atom. The smallest absolute Gasteiger partial charge is 0.255 e. The van der Waals surface area contributed by atoms with Gasteiger partial charge in [0.15, 0.2) is 0 Å². The van der Waals surface area contributed by atoms with Crippen molar-refractivity contribution in [2.75, 3.05) is 32.6 Å². The lowest BCUT2D eigenvalue weighted by Crippen LogP contribution is -2.41. The van der Waals surface area contributed by atoms with Crippen molar-refractivity contribution in [2.45, 2.75) is 22.8 Å². The van der Waals surface area contributed by atoms with Gasteiger partial charge in [-0.25, -0.2) is 13.1 Å². The number of hydrogen-bond acceptors (Lipinski definition) is 5. The molecule has 2 aromatic carbocycles. The lowest BCUT2D eigenvalue weighted by atomic mass is 10.1. The van der Waals surface area contributed by atoms with Gasteiger partial charge in [0.1, 0.15) is 0 Å². The van der Waals surface area contributed by atoms with Crippen molar-refractivity contribution in [2.24, 2.45) is 0 Å². The molecule has 1 aliphatic rings. The minimum atomic E-state index is -3.77. The van der Waals surface area contributed by atoms with Gasteiger partial charge in [-0.2, -0.15) is 0 Å². The second kappa shape index (κ2) is 9.09. The molecule has 28 heavy (non-hydrogen) atoms. The van der Waals surface area contributed by atoms with E-state index < -0.39 is 10.0 Å². The third-order valence-electron chi connectivity index (χ3n) is 4.64. The molecular weight excluding hydrogens is 396 g/mol. The van der Waals surface area contributed by atoms with Gasteiger partial charge in [-0.15, -0.1) is 11.8 Å². The van der Waals surface area contributed by atoms with Crippen LogP contribution >= 0.6 is 11.8 Å². The van der Waals surface area contributed by atoms with Gasteiger partial charge in [0.05, 0.1) is 23.7 Å². The van der Waals surface area contributed by atoms with Gasteiger partial charge in [0, 0.05) is 24.0 Å². The Morgan fingerprint density at radius 1 is 1.14 bits per heavy atom. The zero-order valence-electron chi connectivity index (χ0n) is 15.9. The summed E-state index contributed by atoms with van der Waals surface area (Å²) in [6, 6.07) is 13.7. The summed E-state index contributed by atoms with van der Waals surface area (Å²) >= 11 is 1.42. The van der Waals surface area contributed by atoms with Crippen molar-refractivity contribution < 1.29 is 17.9 Å². The fourth-order valence-corrected chi connectivity index (χ4v) is 4.90. The highest BCUT2D eigenvalue weighted by molar-refractivity contribution is 7.98. The van der Waals surface area contributed by atoms with E-state index >= 15 is 0 Å². The number of thioether (sulfide) groups is 1. The molecule has 1 fully saturated rings. The Kier molecular flexibility index (Phi) is 6.77. The number of morpholine rings is 1. The summed E-state index contributed by atoms with van der Waals surface area (Å²) < 4.78 is 33.8. The van der Waals surface area contributed by atoms with Crippen LogP contribution in [-0.4, -0.2) is 51.8 Å². The van der Waals surface area contributed by atoms with Crippen molar-refractivity contribution in [3.63, 3.8) is 0 Å². The Morgan fingerprint density at radius 3 is 2.46 bits per heavy atom. The maximum absolute atomic E-state index is 12.9. The highest BCUT2D eigenvalue weighted by Crippen LogP contribution is 2.26. The number of nitrogens with zero attached hydrogens (tertiary/aromatic N) is 1. The number of benzene rings is 2. The summed E-state index contributed by atoms with van der Waals surface area (Å²) in [6.45, 7) is 3.80. The number of rotatable bonds is 6. The largest absolute Gasteiger partial charge is 0.378 e. The van der Waals surface area contributed by atoms with Gasteiger partial charge in [0.25, 0.3) is 5.91 Å². The van der Waals surface area contributed by atoms with Crippen LogP contribution < -0.4 is 4.72 Å². The average Bonchev–Trinajstić information content (AvgIpc) is 2.73. The van der Waals surface area contributed by atoms with Crippen LogP contribution in [-0.2, 0) is 14.8 Å². The van der Waals surface area contributed by atoms with Crippen molar-refractivity contribution in [3.8, 4) is 0 Å². The van der Waals surface area contributed by atoms with Crippen LogP contribution in [0.4, 0.5) is 0 Å². The first-order valence-corrected chi connectivity index (χ1v) is 11.8. The predicted molar refractivity (Wildman–Crippen MR) is 110 cm³/mol. The molecule has 0 aliphatic carbocycles. The van der Waals surface area contributed by atoms with Gasteiger partial charge in [-0.05, 0) is 36.9 Å². The third kappa shape index (κ3) is 4.75. The molecule has 1 unspecified atom stereocenters. The Balaban J connectivity index is 1.88. The van der Waals surface area contributed by atoms with Crippen LogP contribution in [0.3, 0.4) is 0 Å². The molecule has 1 saturated heterocycles. The molecule has 0 radical (unpaired) electrons. The summed E-state index contributed by atoms with van der Waals surface area (Å²) in [5.41, 5.74) is 1.28. The fourth-order valence-electron chi connectivity index (χ4n) is 3.07. The molecular formula is C20H24N2O4S2. The van der Waals surface area contributed by atoms with Crippen LogP contribution in [0.25, 0.3) is 0 Å². The molecule has 6 nitrogen and oxygen atoms in total.